The lowest BCUT2D eigenvalue weighted by Gasteiger charge is -2.21. The topological polar surface area (TPSA) is 86.0 Å². The molecule has 1 heterocycles. The molecule has 3 rings (SSSR count). The predicted molar refractivity (Wildman–Crippen MR) is 138 cm³/mol. The maximum absolute atomic E-state index is 13.4. The Bertz CT molecular complexity index is 1290. The first-order valence-corrected chi connectivity index (χ1v) is 11.7. The molecular formula is C25H29BrN4O4. The van der Waals surface area contributed by atoms with Gasteiger partial charge in [0.15, 0.2) is 6.61 Å². The molecular weight excluding hydrogens is 500 g/mol. The lowest BCUT2D eigenvalue weighted by Crippen LogP contribution is -2.29. The zero-order valence-corrected chi connectivity index (χ0v) is 21.8. The fraction of sp³-hybridized carbons (Fsp3) is 0.360. The molecule has 0 radical (unpaired) electrons. The van der Waals surface area contributed by atoms with Crippen LogP contribution in [0.4, 0.5) is 5.69 Å². The van der Waals surface area contributed by atoms with Gasteiger partial charge in [-0.05, 0) is 37.3 Å². The molecule has 180 valence electrons. The largest absolute Gasteiger partial charge is 0.481 e. The Morgan fingerprint density at radius 1 is 1.21 bits per heavy atom. The van der Waals surface area contributed by atoms with Crippen molar-refractivity contribution in [3.8, 4) is 5.75 Å². The number of anilines is 1. The van der Waals surface area contributed by atoms with Crippen LogP contribution in [0.15, 0.2) is 50.8 Å². The van der Waals surface area contributed by atoms with Gasteiger partial charge < -0.3 is 14.4 Å². The van der Waals surface area contributed by atoms with Crippen LogP contribution >= 0.6 is 15.9 Å². The van der Waals surface area contributed by atoms with Crippen molar-refractivity contribution in [1.29, 1.82) is 0 Å². The van der Waals surface area contributed by atoms with Gasteiger partial charge in [-0.25, -0.2) is 9.78 Å². The highest BCUT2D eigenvalue weighted by atomic mass is 79.9. The molecule has 1 aromatic heterocycles. The van der Waals surface area contributed by atoms with E-state index in [2.05, 4.69) is 21.0 Å². The Kier molecular flexibility index (Phi) is 7.76. The lowest BCUT2D eigenvalue weighted by molar-refractivity contribution is -0.145. The molecule has 0 fully saturated rings. The van der Waals surface area contributed by atoms with Crippen molar-refractivity contribution in [1.82, 2.24) is 9.66 Å². The molecule has 34 heavy (non-hydrogen) atoms. The van der Waals surface area contributed by atoms with Crippen molar-refractivity contribution in [2.24, 2.45) is 5.10 Å². The molecule has 0 saturated carbocycles. The number of ether oxygens (including phenoxy) is 2. The number of halogens is 1. The third kappa shape index (κ3) is 5.83. The summed E-state index contributed by atoms with van der Waals surface area (Å²) in [5.74, 6) is 0.517. The van der Waals surface area contributed by atoms with Gasteiger partial charge in [0.05, 0.1) is 23.7 Å². The maximum atomic E-state index is 13.4. The van der Waals surface area contributed by atoms with Crippen molar-refractivity contribution in [3.05, 3.63) is 62.6 Å². The Balaban J connectivity index is 2.10. The van der Waals surface area contributed by atoms with Crippen LogP contribution in [-0.2, 0) is 14.9 Å². The number of hydrogen-bond donors (Lipinski definition) is 0. The lowest BCUT2D eigenvalue weighted by atomic mass is 9.95. The first-order chi connectivity index (χ1) is 16.0. The predicted octanol–water partition coefficient (Wildman–Crippen LogP) is 4.35. The number of rotatable bonds is 7. The SMILES string of the molecule is CCOC(=O)COc1cc(N(C)C)ccc1C=Nn1c(C(C)(C)C)nc2ccc(Br)cc2c1=O. The summed E-state index contributed by atoms with van der Waals surface area (Å²) in [6.07, 6.45) is 1.54. The van der Waals surface area contributed by atoms with Gasteiger partial charge in [0.25, 0.3) is 5.56 Å². The van der Waals surface area contributed by atoms with E-state index in [9.17, 15) is 9.59 Å². The summed E-state index contributed by atoms with van der Waals surface area (Å²) in [6.45, 7) is 7.72. The van der Waals surface area contributed by atoms with E-state index in [1.165, 1.54) is 4.68 Å². The number of esters is 1. The quantitative estimate of drug-likeness (QED) is 0.334. The minimum atomic E-state index is -0.462. The first-order valence-electron chi connectivity index (χ1n) is 10.9. The fourth-order valence-corrected chi connectivity index (χ4v) is 3.59. The van der Waals surface area contributed by atoms with Crippen molar-refractivity contribution in [2.75, 3.05) is 32.2 Å². The highest BCUT2D eigenvalue weighted by Gasteiger charge is 2.23. The Morgan fingerprint density at radius 3 is 2.59 bits per heavy atom. The minimum absolute atomic E-state index is 0.232. The van der Waals surface area contributed by atoms with E-state index in [1.807, 2.05) is 70.1 Å². The molecule has 0 bridgehead atoms. The van der Waals surface area contributed by atoms with Gasteiger partial charge in [-0.15, -0.1) is 0 Å². The average molecular weight is 529 g/mol. The Morgan fingerprint density at radius 2 is 1.94 bits per heavy atom. The summed E-state index contributed by atoms with van der Waals surface area (Å²) in [7, 11) is 3.82. The summed E-state index contributed by atoms with van der Waals surface area (Å²) in [5.41, 5.74) is 1.40. The van der Waals surface area contributed by atoms with Crippen LogP contribution < -0.4 is 15.2 Å². The van der Waals surface area contributed by atoms with Crippen LogP contribution in [0.5, 0.6) is 5.75 Å². The van der Waals surface area contributed by atoms with Gasteiger partial charge >= 0.3 is 5.97 Å². The van der Waals surface area contributed by atoms with Crippen molar-refractivity contribution >= 4 is 44.7 Å². The third-order valence-electron chi connectivity index (χ3n) is 4.96. The van der Waals surface area contributed by atoms with Crippen LogP contribution in [0.1, 0.15) is 39.1 Å². The molecule has 0 atom stereocenters. The average Bonchev–Trinajstić information content (AvgIpc) is 2.77. The number of nitrogens with zero attached hydrogens (tertiary/aromatic N) is 4. The molecule has 3 aromatic rings. The van der Waals surface area contributed by atoms with Crippen LogP contribution in [0, 0.1) is 0 Å². The summed E-state index contributed by atoms with van der Waals surface area (Å²) < 4.78 is 12.8. The normalized spacial score (nSPS) is 11.7. The molecule has 0 unspecified atom stereocenters. The van der Waals surface area contributed by atoms with Gasteiger partial charge in [-0.2, -0.15) is 9.78 Å². The third-order valence-corrected chi connectivity index (χ3v) is 5.45. The van der Waals surface area contributed by atoms with E-state index in [-0.39, 0.29) is 18.8 Å². The van der Waals surface area contributed by atoms with Crippen LogP contribution in [-0.4, -0.2) is 49.2 Å². The van der Waals surface area contributed by atoms with E-state index in [4.69, 9.17) is 14.5 Å². The van der Waals surface area contributed by atoms with Gasteiger partial charge in [0.1, 0.15) is 11.6 Å². The number of carbonyl (C=O) groups is 1. The number of carbonyl (C=O) groups excluding carboxylic acids is 1. The second-order valence-corrected chi connectivity index (χ2v) is 9.83. The van der Waals surface area contributed by atoms with Crippen molar-refractivity contribution in [2.45, 2.75) is 33.1 Å². The molecule has 0 N–H and O–H groups in total. The van der Waals surface area contributed by atoms with E-state index in [0.29, 0.717) is 28.0 Å². The molecule has 0 aliphatic carbocycles. The second kappa shape index (κ2) is 10.4. The van der Waals surface area contributed by atoms with Crippen LogP contribution in [0.3, 0.4) is 0 Å². The smallest absolute Gasteiger partial charge is 0.344 e. The molecule has 8 nitrogen and oxygen atoms in total. The van der Waals surface area contributed by atoms with Gasteiger partial charge in [0.2, 0.25) is 0 Å². The molecule has 9 heteroatoms. The molecule has 0 aliphatic rings. The fourth-order valence-electron chi connectivity index (χ4n) is 3.23. The van der Waals surface area contributed by atoms with Gasteiger partial charge in [-0.1, -0.05) is 36.7 Å². The number of benzene rings is 2. The highest BCUT2D eigenvalue weighted by Crippen LogP contribution is 2.25. The van der Waals surface area contributed by atoms with Gasteiger partial charge in [0, 0.05) is 41.3 Å². The number of fused-ring (bicyclic) bond motifs is 1. The second-order valence-electron chi connectivity index (χ2n) is 8.92. The van der Waals surface area contributed by atoms with E-state index < -0.39 is 11.4 Å². The minimum Gasteiger partial charge on any atom is -0.481 e. The molecule has 0 aliphatic heterocycles. The molecule has 2 aromatic carbocycles. The van der Waals surface area contributed by atoms with E-state index in [1.54, 1.807) is 19.2 Å². The molecule has 0 saturated heterocycles. The summed E-state index contributed by atoms with van der Waals surface area (Å²) in [4.78, 5) is 31.9. The van der Waals surface area contributed by atoms with Crippen LogP contribution in [0.2, 0.25) is 0 Å². The Hall–Kier alpha value is -3.20. The zero-order valence-electron chi connectivity index (χ0n) is 20.3. The van der Waals surface area contributed by atoms with E-state index in [0.717, 1.165) is 10.2 Å². The zero-order chi connectivity index (χ0) is 25.0. The number of hydrogen-bond acceptors (Lipinski definition) is 7. The van der Waals surface area contributed by atoms with Crippen molar-refractivity contribution < 1.29 is 14.3 Å². The standard InChI is InChI=1S/C25H29BrN4O4/c1-7-33-22(31)15-34-21-13-18(29(5)6)10-8-16(21)14-27-30-23(32)19-12-17(26)9-11-20(19)28-24(30)25(2,3)4/h8-14H,7,15H2,1-6H3. The summed E-state index contributed by atoms with van der Waals surface area (Å²) >= 11 is 3.42. The van der Waals surface area contributed by atoms with Gasteiger partial charge in [-0.3, -0.25) is 4.79 Å². The molecule has 0 spiro atoms. The first kappa shape index (κ1) is 25.4. The Labute approximate surface area is 207 Å². The van der Waals surface area contributed by atoms with E-state index >= 15 is 0 Å². The maximum Gasteiger partial charge on any atom is 0.344 e. The summed E-state index contributed by atoms with van der Waals surface area (Å²) in [5, 5.41) is 4.97. The van der Waals surface area contributed by atoms with Crippen molar-refractivity contribution in [3.63, 3.8) is 0 Å². The van der Waals surface area contributed by atoms with Crippen LogP contribution in [0.25, 0.3) is 10.9 Å². The highest BCUT2D eigenvalue weighted by molar-refractivity contribution is 9.10. The monoisotopic (exact) mass is 528 g/mol. The molecule has 0 amide bonds. The number of aromatic nitrogens is 2. The summed E-state index contributed by atoms with van der Waals surface area (Å²) in [6, 6.07) is 10.9.